The number of benzene rings is 1. The van der Waals surface area contributed by atoms with Gasteiger partial charge in [-0.3, -0.25) is 0 Å². The standard InChI is InChI=1S/C19H29N3O3/c1-14-11-22(12-15(2)25-14)17-8-6-16(7-9-17)20-19(23)21(3)13-18-5-4-10-24-18/h6-9,14-15,18H,4-5,10-13H2,1-3H3,(H,20,23)/t14-,15+,18-/m0/s1. The Morgan fingerprint density at radius 3 is 2.52 bits per heavy atom. The Morgan fingerprint density at radius 2 is 1.92 bits per heavy atom. The van der Waals surface area contributed by atoms with Gasteiger partial charge in [0.15, 0.2) is 0 Å². The average Bonchev–Trinajstić information content (AvgIpc) is 3.07. The van der Waals surface area contributed by atoms with Crippen molar-refractivity contribution in [3.05, 3.63) is 24.3 Å². The zero-order valence-corrected chi connectivity index (χ0v) is 15.4. The minimum Gasteiger partial charge on any atom is -0.376 e. The monoisotopic (exact) mass is 347 g/mol. The number of rotatable bonds is 4. The molecule has 2 heterocycles. The Kier molecular flexibility index (Phi) is 5.81. The first-order chi connectivity index (χ1) is 12.0. The first-order valence-electron chi connectivity index (χ1n) is 9.15. The lowest BCUT2D eigenvalue weighted by molar-refractivity contribution is -0.00521. The lowest BCUT2D eigenvalue weighted by Crippen LogP contribution is -2.45. The van der Waals surface area contributed by atoms with Gasteiger partial charge in [0, 0.05) is 44.7 Å². The lowest BCUT2D eigenvalue weighted by atomic mass is 10.2. The summed E-state index contributed by atoms with van der Waals surface area (Å²) in [5.74, 6) is 0. The van der Waals surface area contributed by atoms with E-state index in [4.69, 9.17) is 9.47 Å². The van der Waals surface area contributed by atoms with E-state index >= 15 is 0 Å². The summed E-state index contributed by atoms with van der Waals surface area (Å²) in [6.45, 7) is 7.41. The lowest BCUT2D eigenvalue weighted by Gasteiger charge is -2.36. The molecule has 0 bridgehead atoms. The van der Waals surface area contributed by atoms with Gasteiger partial charge in [-0.15, -0.1) is 0 Å². The predicted molar refractivity (Wildman–Crippen MR) is 99.3 cm³/mol. The molecule has 0 aliphatic carbocycles. The molecule has 3 rings (SSSR count). The van der Waals surface area contributed by atoms with Gasteiger partial charge in [0.05, 0.1) is 18.3 Å². The van der Waals surface area contributed by atoms with Crippen molar-refractivity contribution in [1.29, 1.82) is 0 Å². The maximum atomic E-state index is 12.3. The summed E-state index contributed by atoms with van der Waals surface area (Å²) in [6.07, 6.45) is 2.75. The molecule has 25 heavy (non-hydrogen) atoms. The molecule has 0 saturated carbocycles. The quantitative estimate of drug-likeness (QED) is 0.910. The first kappa shape index (κ1) is 18.0. The second-order valence-corrected chi connectivity index (χ2v) is 7.15. The highest BCUT2D eigenvalue weighted by atomic mass is 16.5. The van der Waals surface area contributed by atoms with E-state index in [1.165, 1.54) is 0 Å². The van der Waals surface area contributed by atoms with Crippen LogP contribution in [0.25, 0.3) is 0 Å². The average molecular weight is 347 g/mol. The third-order valence-electron chi connectivity index (χ3n) is 4.75. The number of ether oxygens (including phenoxy) is 2. The molecule has 2 fully saturated rings. The van der Waals surface area contributed by atoms with Crippen LogP contribution in [0.1, 0.15) is 26.7 Å². The predicted octanol–water partition coefficient (Wildman–Crippen LogP) is 2.94. The molecular weight excluding hydrogens is 318 g/mol. The number of nitrogens with one attached hydrogen (secondary N) is 1. The van der Waals surface area contributed by atoms with Crippen LogP contribution in [0.15, 0.2) is 24.3 Å². The Morgan fingerprint density at radius 1 is 1.24 bits per heavy atom. The highest BCUT2D eigenvalue weighted by Crippen LogP contribution is 2.22. The molecule has 0 aromatic heterocycles. The molecule has 0 spiro atoms. The van der Waals surface area contributed by atoms with E-state index in [9.17, 15) is 4.79 Å². The molecule has 2 amide bonds. The smallest absolute Gasteiger partial charge is 0.321 e. The van der Waals surface area contributed by atoms with Crippen LogP contribution >= 0.6 is 0 Å². The van der Waals surface area contributed by atoms with Crippen LogP contribution in [-0.4, -0.2) is 62.5 Å². The summed E-state index contributed by atoms with van der Waals surface area (Å²) in [4.78, 5) is 16.3. The molecule has 1 aromatic carbocycles. The molecule has 6 heteroatoms. The van der Waals surface area contributed by atoms with Crippen molar-refractivity contribution in [3.63, 3.8) is 0 Å². The second-order valence-electron chi connectivity index (χ2n) is 7.15. The number of urea groups is 1. The van der Waals surface area contributed by atoms with Crippen LogP contribution in [0.3, 0.4) is 0 Å². The molecule has 138 valence electrons. The Bertz CT molecular complexity index is 562. The maximum absolute atomic E-state index is 12.3. The molecule has 0 radical (unpaired) electrons. The van der Waals surface area contributed by atoms with Crippen LogP contribution in [0.2, 0.25) is 0 Å². The second kappa shape index (κ2) is 8.06. The van der Waals surface area contributed by atoms with E-state index in [1.807, 2.05) is 19.2 Å². The van der Waals surface area contributed by atoms with E-state index < -0.39 is 0 Å². The summed E-state index contributed by atoms with van der Waals surface area (Å²) in [7, 11) is 1.81. The van der Waals surface area contributed by atoms with E-state index in [0.29, 0.717) is 6.54 Å². The number of amides is 2. The van der Waals surface area contributed by atoms with Crippen molar-refractivity contribution in [1.82, 2.24) is 4.90 Å². The Labute approximate surface area is 150 Å². The summed E-state index contributed by atoms with van der Waals surface area (Å²) in [5.41, 5.74) is 1.97. The van der Waals surface area contributed by atoms with Crippen molar-refractivity contribution in [3.8, 4) is 0 Å². The van der Waals surface area contributed by atoms with Gasteiger partial charge in [-0.2, -0.15) is 0 Å². The number of nitrogens with zero attached hydrogens (tertiary/aromatic N) is 2. The van der Waals surface area contributed by atoms with E-state index in [0.717, 1.165) is 43.9 Å². The Hall–Kier alpha value is -1.79. The summed E-state index contributed by atoms with van der Waals surface area (Å²) >= 11 is 0. The van der Waals surface area contributed by atoms with Crippen LogP contribution in [0.5, 0.6) is 0 Å². The molecule has 6 nitrogen and oxygen atoms in total. The summed E-state index contributed by atoms with van der Waals surface area (Å²) in [5, 5.41) is 2.95. The van der Waals surface area contributed by atoms with Crippen LogP contribution in [-0.2, 0) is 9.47 Å². The topological polar surface area (TPSA) is 54.0 Å². The fourth-order valence-corrected chi connectivity index (χ4v) is 3.54. The van der Waals surface area contributed by atoms with E-state index in [1.54, 1.807) is 4.90 Å². The van der Waals surface area contributed by atoms with E-state index in [-0.39, 0.29) is 24.3 Å². The molecular formula is C19H29N3O3. The minimum atomic E-state index is -0.100. The number of likely N-dealkylation sites (N-methyl/N-ethyl adjacent to an activating group) is 1. The molecule has 2 aliphatic heterocycles. The van der Waals surface area contributed by atoms with Crippen LogP contribution in [0, 0.1) is 0 Å². The van der Waals surface area contributed by atoms with Crippen molar-refractivity contribution in [2.24, 2.45) is 0 Å². The summed E-state index contributed by atoms with van der Waals surface area (Å²) < 4.78 is 11.4. The minimum absolute atomic E-state index is 0.100. The normalized spacial score (nSPS) is 26.5. The third-order valence-corrected chi connectivity index (χ3v) is 4.75. The number of morpholine rings is 1. The molecule has 2 saturated heterocycles. The third kappa shape index (κ3) is 4.86. The largest absolute Gasteiger partial charge is 0.376 e. The zero-order chi connectivity index (χ0) is 17.8. The van der Waals surface area contributed by atoms with Gasteiger partial charge in [0.25, 0.3) is 0 Å². The summed E-state index contributed by atoms with van der Waals surface area (Å²) in [6, 6.07) is 7.92. The van der Waals surface area contributed by atoms with Gasteiger partial charge in [-0.25, -0.2) is 4.79 Å². The van der Waals surface area contributed by atoms with Gasteiger partial charge in [-0.1, -0.05) is 0 Å². The maximum Gasteiger partial charge on any atom is 0.321 e. The molecule has 1 N–H and O–H groups in total. The SMILES string of the molecule is C[C@@H]1CN(c2ccc(NC(=O)N(C)C[C@@H]3CCCO3)cc2)C[C@H](C)O1. The first-order valence-corrected chi connectivity index (χ1v) is 9.15. The fourth-order valence-electron chi connectivity index (χ4n) is 3.54. The number of hydrogen-bond acceptors (Lipinski definition) is 4. The van der Waals surface area contributed by atoms with Gasteiger partial charge in [0.1, 0.15) is 0 Å². The van der Waals surface area contributed by atoms with Gasteiger partial charge < -0.3 is 24.6 Å². The molecule has 2 aliphatic rings. The van der Waals surface area contributed by atoms with Gasteiger partial charge in [0.2, 0.25) is 0 Å². The van der Waals surface area contributed by atoms with Crippen LogP contribution < -0.4 is 10.2 Å². The van der Waals surface area contributed by atoms with Crippen molar-refractivity contribution in [2.75, 3.05) is 43.5 Å². The highest BCUT2D eigenvalue weighted by Gasteiger charge is 2.23. The number of carbonyl (C=O) groups excluding carboxylic acids is 1. The van der Waals surface area contributed by atoms with Crippen molar-refractivity contribution in [2.45, 2.75) is 45.0 Å². The van der Waals surface area contributed by atoms with Crippen LogP contribution in [0.4, 0.5) is 16.2 Å². The number of hydrogen-bond donors (Lipinski definition) is 1. The van der Waals surface area contributed by atoms with E-state index in [2.05, 4.69) is 36.2 Å². The highest BCUT2D eigenvalue weighted by molar-refractivity contribution is 5.89. The molecule has 3 atom stereocenters. The number of anilines is 2. The Balaban J connectivity index is 1.54. The number of carbonyl (C=O) groups is 1. The van der Waals surface area contributed by atoms with Gasteiger partial charge >= 0.3 is 6.03 Å². The van der Waals surface area contributed by atoms with Crippen molar-refractivity contribution < 1.29 is 14.3 Å². The fraction of sp³-hybridized carbons (Fsp3) is 0.632. The zero-order valence-electron chi connectivity index (χ0n) is 15.4. The molecule has 0 unspecified atom stereocenters. The van der Waals surface area contributed by atoms with Crippen molar-refractivity contribution >= 4 is 17.4 Å². The van der Waals surface area contributed by atoms with Gasteiger partial charge in [-0.05, 0) is 51.0 Å². The molecule has 1 aromatic rings.